The van der Waals surface area contributed by atoms with Gasteiger partial charge in [0.15, 0.2) is 0 Å². The lowest BCUT2D eigenvalue weighted by atomic mass is 10.2. The third-order valence-electron chi connectivity index (χ3n) is 2.47. The first-order valence-corrected chi connectivity index (χ1v) is 7.22. The third kappa shape index (κ3) is 2.63. The van der Waals surface area contributed by atoms with Crippen molar-refractivity contribution in [3.8, 4) is 5.75 Å². The molecular formula is C11H11Br3O2. The minimum absolute atomic E-state index is 0.0904. The number of epoxide rings is 1. The minimum Gasteiger partial charge on any atom is -0.489 e. The molecule has 0 aromatic heterocycles. The van der Waals surface area contributed by atoms with Gasteiger partial charge in [0.05, 0.1) is 11.1 Å². The molecule has 0 amide bonds. The summed E-state index contributed by atoms with van der Waals surface area (Å²) in [5.74, 6) is 0.837. The highest BCUT2D eigenvalue weighted by Crippen LogP contribution is 2.40. The molecule has 5 heteroatoms. The molecular weight excluding hydrogens is 404 g/mol. The quantitative estimate of drug-likeness (QED) is 0.538. The first kappa shape index (κ1) is 12.9. The zero-order valence-electron chi connectivity index (χ0n) is 8.94. The van der Waals surface area contributed by atoms with Gasteiger partial charge in [-0.25, -0.2) is 0 Å². The largest absolute Gasteiger partial charge is 0.489 e. The summed E-state index contributed by atoms with van der Waals surface area (Å²) in [5.41, 5.74) is 1.04. The van der Waals surface area contributed by atoms with Gasteiger partial charge < -0.3 is 9.47 Å². The summed E-state index contributed by atoms with van der Waals surface area (Å²) in [6, 6.07) is 2.00. The molecule has 1 atom stereocenters. The van der Waals surface area contributed by atoms with E-state index in [4.69, 9.17) is 9.47 Å². The van der Waals surface area contributed by atoms with Gasteiger partial charge in [-0.05, 0) is 73.3 Å². The number of aryl methyl sites for hydroxylation is 1. The number of rotatable bonds is 3. The average Bonchev–Trinajstić information content (AvgIpc) is 2.98. The second kappa shape index (κ2) is 4.59. The van der Waals surface area contributed by atoms with Crippen LogP contribution < -0.4 is 4.74 Å². The SMILES string of the molecule is Cc1cc(OCC2(C)CO2)c(Br)c(Br)c1Br. The molecule has 1 aromatic rings. The monoisotopic (exact) mass is 412 g/mol. The van der Waals surface area contributed by atoms with Crippen molar-refractivity contribution in [2.24, 2.45) is 0 Å². The van der Waals surface area contributed by atoms with Crippen LogP contribution in [-0.2, 0) is 4.74 Å². The number of halogens is 3. The number of benzene rings is 1. The Bertz CT molecular complexity index is 428. The molecule has 1 aliphatic rings. The predicted molar refractivity (Wildman–Crippen MR) is 74.1 cm³/mol. The predicted octanol–water partition coefficient (Wildman–Crippen LogP) is 4.45. The van der Waals surface area contributed by atoms with Crippen molar-refractivity contribution < 1.29 is 9.47 Å². The fourth-order valence-electron chi connectivity index (χ4n) is 1.24. The van der Waals surface area contributed by atoms with E-state index < -0.39 is 0 Å². The molecule has 1 aliphatic heterocycles. The summed E-state index contributed by atoms with van der Waals surface area (Å²) in [5, 5.41) is 0. The molecule has 0 radical (unpaired) electrons. The van der Waals surface area contributed by atoms with Crippen LogP contribution >= 0.6 is 47.8 Å². The Labute approximate surface area is 120 Å². The number of ether oxygens (including phenoxy) is 2. The van der Waals surface area contributed by atoms with Crippen molar-refractivity contribution in [3.05, 3.63) is 25.0 Å². The van der Waals surface area contributed by atoms with Crippen molar-refractivity contribution in [3.63, 3.8) is 0 Å². The molecule has 0 spiro atoms. The van der Waals surface area contributed by atoms with Crippen LogP contribution in [0.4, 0.5) is 0 Å². The number of hydrogen-bond donors (Lipinski definition) is 0. The first-order chi connectivity index (χ1) is 7.43. The molecule has 1 heterocycles. The highest BCUT2D eigenvalue weighted by Gasteiger charge is 2.40. The van der Waals surface area contributed by atoms with Gasteiger partial charge in [-0.3, -0.25) is 0 Å². The lowest BCUT2D eigenvalue weighted by molar-refractivity contribution is 0.201. The van der Waals surface area contributed by atoms with Gasteiger partial charge in [0, 0.05) is 8.95 Å². The molecule has 1 aromatic carbocycles. The Morgan fingerprint density at radius 1 is 1.31 bits per heavy atom. The Kier molecular flexibility index (Phi) is 3.69. The molecule has 0 N–H and O–H groups in total. The van der Waals surface area contributed by atoms with Crippen LogP contribution in [0.15, 0.2) is 19.5 Å². The molecule has 1 unspecified atom stereocenters. The molecule has 1 fully saturated rings. The molecule has 88 valence electrons. The minimum atomic E-state index is -0.0904. The molecule has 2 nitrogen and oxygen atoms in total. The third-order valence-corrected chi connectivity index (χ3v) is 6.13. The van der Waals surface area contributed by atoms with E-state index in [1.165, 1.54) is 0 Å². The van der Waals surface area contributed by atoms with Crippen LogP contribution in [0.3, 0.4) is 0 Å². The Morgan fingerprint density at radius 3 is 2.50 bits per heavy atom. The number of hydrogen-bond acceptors (Lipinski definition) is 2. The summed E-state index contributed by atoms with van der Waals surface area (Å²) >= 11 is 10.5. The van der Waals surface area contributed by atoms with E-state index in [1.54, 1.807) is 0 Å². The second-order valence-electron chi connectivity index (χ2n) is 4.16. The maximum atomic E-state index is 5.76. The molecule has 0 aliphatic carbocycles. The highest BCUT2D eigenvalue weighted by molar-refractivity contribution is 9.14. The van der Waals surface area contributed by atoms with E-state index in [1.807, 2.05) is 19.9 Å². The smallest absolute Gasteiger partial charge is 0.135 e. The molecule has 16 heavy (non-hydrogen) atoms. The van der Waals surface area contributed by atoms with Gasteiger partial charge >= 0.3 is 0 Å². The fourth-order valence-corrected chi connectivity index (χ4v) is 2.76. The van der Waals surface area contributed by atoms with Gasteiger partial charge in [0.2, 0.25) is 0 Å². The van der Waals surface area contributed by atoms with Crippen LogP contribution in [0.5, 0.6) is 5.75 Å². The Hall–Kier alpha value is 0.420. The van der Waals surface area contributed by atoms with Crippen molar-refractivity contribution >= 4 is 47.8 Å². The van der Waals surface area contributed by atoms with Crippen LogP contribution in [0, 0.1) is 6.92 Å². The van der Waals surface area contributed by atoms with Gasteiger partial charge in [0.25, 0.3) is 0 Å². The Balaban J connectivity index is 2.20. The standard InChI is InChI=1S/C11H11Br3O2/c1-6-3-7(9(13)10(14)8(6)12)15-4-11(2)5-16-11/h3H,4-5H2,1-2H3. The summed E-state index contributed by atoms with van der Waals surface area (Å²) in [4.78, 5) is 0. The van der Waals surface area contributed by atoms with Crippen LogP contribution in [-0.4, -0.2) is 18.8 Å². The van der Waals surface area contributed by atoms with E-state index in [0.29, 0.717) is 6.61 Å². The van der Waals surface area contributed by atoms with Gasteiger partial charge in [-0.2, -0.15) is 0 Å². The lowest BCUT2D eigenvalue weighted by Crippen LogP contribution is -2.17. The van der Waals surface area contributed by atoms with E-state index >= 15 is 0 Å². The molecule has 2 rings (SSSR count). The van der Waals surface area contributed by atoms with Gasteiger partial charge in [-0.15, -0.1) is 0 Å². The fraction of sp³-hybridized carbons (Fsp3) is 0.455. The summed E-state index contributed by atoms with van der Waals surface area (Å²) < 4.78 is 14.0. The first-order valence-electron chi connectivity index (χ1n) is 4.84. The van der Waals surface area contributed by atoms with Gasteiger partial charge in [0.1, 0.15) is 18.0 Å². The zero-order chi connectivity index (χ0) is 11.9. The molecule has 0 bridgehead atoms. The molecule has 0 saturated carbocycles. The second-order valence-corrected chi connectivity index (χ2v) is 6.54. The van der Waals surface area contributed by atoms with Crippen molar-refractivity contribution in [2.75, 3.05) is 13.2 Å². The van der Waals surface area contributed by atoms with Crippen LogP contribution in [0.25, 0.3) is 0 Å². The van der Waals surface area contributed by atoms with Crippen LogP contribution in [0.2, 0.25) is 0 Å². The topological polar surface area (TPSA) is 21.8 Å². The summed E-state index contributed by atoms with van der Waals surface area (Å²) in [6.45, 7) is 5.44. The van der Waals surface area contributed by atoms with E-state index in [2.05, 4.69) is 47.8 Å². The summed E-state index contributed by atoms with van der Waals surface area (Å²) in [6.07, 6.45) is 0. The van der Waals surface area contributed by atoms with E-state index in [0.717, 1.165) is 31.3 Å². The average molecular weight is 415 g/mol. The maximum Gasteiger partial charge on any atom is 0.135 e. The van der Waals surface area contributed by atoms with Gasteiger partial charge in [-0.1, -0.05) is 0 Å². The van der Waals surface area contributed by atoms with E-state index in [9.17, 15) is 0 Å². The zero-order valence-corrected chi connectivity index (χ0v) is 13.7. The normalized spacial score (nSPS) is 23.3. The summed E-state index contributed by atoms with van der Waals surface area (Å²) in [7, 11) is 0. The molecule has 1 saturated heterocycles. The lowest BCUT2D eigenvalue weighted by Gasteiger charge is -2.13. The van der Waals surface area contributed by atoms with Crippen molar-refractivity contribution in [2.45, 2.75) is 19.4 Å². The van der Waals surface area contributed by atoms with E-state index in [-0.39, 0.29) is 5.60 Å². The van der Waals surface area contributed by atoms with Crippen molar-refractivity contribution in [1.29, 1.82) is 0 Å². The highest BCUT2D eigenvalue weighted by atomic mass is 79.9. The van der Waals surface area contributed by atoms with Crippen LogP contribution in [0.1, 0.15) is 12.5 Å². The van der Waals surface area contributed by atoms with Crippen molar-refractivity contribution in [1.82, 2.24) is 0 Å². The maximum absolute atomic E-state index is 5.76. The Morgan fingerprint density at radius 2 is 1.94 bits per heavy atom.